The second-order valence-corrected chi connectivity index (χ2v) is 5.51. The Hall–Kier alpha value is -3.00. The zero-order valence-corrected chi connectivity index (χ0v) is 13.7. The number of anilines is 2. The molecule has 3 aromatic rings. The summed E-state index contributed by atoms with van der Waals surface area (Å²) in [6, 6.07) is 8.55. The van der Waals surface area contributed by atoms with E-state index >= 15 is 0 Å². The lowest BCUT2D eigenvalue weighted by Crippen LogP contribution is -2.20. The molecular weight excluding hydrogens is 326 g/mol. The van der Waals surface area contributed by atoms with E-state index in [4.69, 9.17) is 4.74 Å². The number of aromatic nitrogens is 3. The van der Waals surface area contributed by atoms with Crippen molar-refractivity contribution in [3.8, 4) is 16.5 Å². The number of hydrogen-bond acceptors (Lipinski definition) is 6. The van der Waals surface area contributed by atoms with Crippen molar-refractivity contribution in [3.05, 3.63) is 48.1 Å². The van der Waals surface area contributed by atoms with Gasteiger partial charge < -0.3 is 4.74 Å². The minimum absolute atomic E-state index is 0.393. The number of nitrogens with one attached hydrogen (secondary N) is 2. The largest absolute Gasteiger partial charge is 0.478 e. The van der Waals surface area contributed by atoms with Gasteiger partial charge in [0.25, 0.3) is 0 Å². The molecule has 0 spiro atoms. The predicted octanol–water partition coefficient (Wildman–Crippen LogP) is 3.64. The molecule has 0 fully saturated rings. The maximum Gasteiger partial charge on any atom is 0.326 e. The number of carbonyl (C=O) groups is 1. The lowest BCUT2D eigenvalue weighted by molar-refractivity contribution is 0.262. The Morgan fingerprint density at radius 3 is 2.83 bits per heavy atom. The number of nitrogens with zero attached hydrogens (tertiary/aromatic N) is 3. The van der Waals surface area contributed by atoms with Crippen molar-refractivity contribution in [3.63, 3.8) is 0 Å². The van der Waals surface area contributed by atoms with Crippen LogP contribution < -0.4 is 15.4 Å². The quantitative estimate of drug-likeness (QED) is 0.739. The molecule has 3 heterocycles. The van der Waals surface area contributed by atoms with Crippen LogP contribution in [-0.2, 0) is 0 Å². The molecule has 0 bridgehead atoms. The van der Waals surface area contributed by atoms with Crippen molar-refractivity contribution in [1.29, 1.82) is 0 Å². The summed E-state index contributed by atoms with van der Waals surface area (Å²) in [6.07, 6.45) is 3.28. The van der Waals surface area contributed by atoms with Crippen LogP contribution in [-0.4, -0.2) is 27.6 Å². The highest BCUT2D eigenvalue weighted by atomic mass is 32.1. The van der Waals surface area contributed by atoms with E-state index in [0.29, 0.717) is 24.1 Å². The maximum atomic E-state index is 11.9. The van der Waals surface area contributed by atoms with Gasteiger partial charge in [-0.2, -0.15) is 0 Å². The molecule has 2 N–H and O–H groups in total. The number of thiazole rings is 1. The van der Waals surface area contributed by atoms with Crippen LogP contribution in [0.1, 0.15) is 6.92 Å². The molecule has 0 aliphatic carbocycles. The fourth-order valence-corrected chi connectivity index (χ4v) is 2.68. The Kier molecular flexibility index (Phi) is 4.97. The van der Waals surface area contributed by atoms with E-state index in [-0.39, 0.29) is 0 Å². The molecule has 0 atom stereocenters. The lowest BCUT2D eigenvalue weighted by Gasteiger charge is -2.04. The molecule has 7 nitrogen and oxygen atoms in total. The van der Waals surface area contributed by atoms with Gasteiger partial charge in [0.1, 0.15) is 16.6 Å². The van der Waals surface area contributed by atoms with Gasteiger partial charge in [-0.15, -0.1) is 11.3 Å². The van der Waals surface area contributed by atoms with E-state index in [1.165, 1.54) is 11.3 Å². The summed E-state index contributed by atoms with van der Waals surface area (Å²) in [5, 5.41) is 7.86. The highest BCUT2D eigenvalue weighted by Crippen LogP contribution is 2.27. The summed E-state index contributed by atoms with van der Waals surface area (Å²) in [6.45, 7) is 2.45. The molecule has 3 aromatic heterocycles. The van der Waals surface area contributed by atoms with Crippen LogP contribution in [0, 0.1) is 0 Å². The maximum absolute atomic E-state index is 11.9. The van der Waals surface area contributed by atoms with Crippen LogP contribution in [0.2, 0.25) is 0 Å². The summed E-state index contributed by atoms with van der Waals surface area (Å²) >= 11 is 1.43. The summed E-state index contributed by atoms with van der Waals surface area (Å²) in [4.78, 5) is 24.5. The van der Waals surface area contributed by atoms with Crippen molar-refractivity contribution >= 4 is 29.0 Å². The smallest absolute Gasteiger partial charge is 0.326 e. The number of amides is 2. The second kappa shape index (κ2) is 7.51. The van der Waals surface area contributed by atoms with Gasteiger partial charge >= 0.3 is 6.03 Å². The van der Waals surface area contributed by atoms with Crippen molar-refractivity contribution in [1.82, 2.24) is 15.0 Å². The van der Waals surface area contributed by atoms with Crippen LogP contribution >= 0.6 is 11.3 Å². The minimum atomic E-state index is -0.393. The summed E-state index contributed by atoms with van der Waals surface area (Å²) in [5.41, 5.74) is 0.886. The molecule has 0 unspecified atom stereocenters. The van der Waals surface area contributed by atoms with Crippen LogP contribution in [0.3, 0.4) is 0 Å². The van der Waals surface area contributed by atoms with E-state index in [2.05, 4.69) is 25.6 Å². The van der Waals surface area contributed by atoms with E-state index in [9.17, 15) is 4.79 Å². The van der Waals surface area contributed by atoms with Crippen molar-refractivity contribution in [2.75, 3.05) is 17.2 Å². The van der Waals surface area contributed by atoms with Crippen LogP contribution in [0.4, 0.5) is 16.4 Å². The van der Waals surface area contributed by atoms with Crippen molar-refractivity contribution in [2.24, 2.45) is 0 Å². The minimum Gasteiger partial charge on any atom is -0.478 e. The Bertz CT molecular complexity index is 822. The normalized spacial score (nSPS) is 10.2. The third kappa shape index (κ3) is 4.05. The molecule has 0 radical (unpaired) electrons. The van der Waals surface area contributed by atoms with Gasteiger partial charge in [0.05, 0.1) is 6.61 Å². The van der Waals surface area contributed by atoms with Gasteiger partial charge in [0, 0.05) is 29.4 Å². The zero-order chi connectivity index (χ0) is 16.8. The van der Waals surface area contributed by atoms with Gasteiger partial charge in [-0.1, -0.05) is 6.07 Å². The predicted molar refractivity (Wildman–Crippen MR) is 93.4 cm³/mol. The topological polar surface area (TPSA) is 89.0 Å². The average Bonchev–Trinajstić information content (AvgIpc) is 3.05. The number of carbonyl (C=O) groups excluding carboxylic acids is 1. The standard InChI is InChI=1S/C16H15N5O2S/c1-2-23-14-9-11(6-8-18-14)15-19-13(10-24-15)21-16(22)20-12-5-3-4-7-17-12/h3-10H,2H2,1H3,(H2,17,20,21,22). The highest BCUT2D eigenvalue weighted by Gasteiger charge is 2.09. The third-order valence-electron chi connectivity index (χ3n) is 2.93. The summed E-state index contributed by atoms with van der Waals surface area (Å²) < 4.78 is 5.38. The SMILES string of the molecule is CCOc1cc(-c2nc(NC(=O)Nc3ccccn3)cs2)ccn1. The third-order valence-corrected chi connectivity index (χ3v) is 3.82. The number of urea groups is 1. The highest BCUT2D eigenvalue weighted by molar-refractivity contribution is 7.13. The molecular formula is C16H15N5O2S. The molecule has 24 heavy (non-hydrogen) atoms. The molecule has 0 aromatic carbocycles. The molecule has 8 heteroatoms. The first kappa shape index (κ1) is 15.9. The van der Waals surface area contributed by atoms with Gasteiger partial charge in [0.15, 0.2) is 0 Å². The fraction of sp³-hybridized carbons (Fsp3) is 0.125. The van der Waals surface area contributed by atoms with Gasteiger partial charge in [0.2, 0.25) is 5.88 Å². The molecule has 2 amide bonds. The summed E-state index contributed by atoms with van der Waals surface area (Å²) in [5.74, 6) is 1.49. The van der Waals surface area contributed by atoms with Gasteiger partial charge in [-0.05, 0) is 25.1 Å². The first-order chi connectivity index (χ1) is 11.7. The number of hydrogen-bond donors (Lipinski definition) is 2. The van der Waals surface area contributed by atoms with Crippen molar-refractivity contribution < 1.29 is 9.53 Å². The molecule has 0 aliphatic heterocycles. The Morgan fingerprint density at radius 1 is 1.17 bits per heavy atom. The molecule has 3 rings (SSSR count). The number of pyridine rings is 2. The van der Waals surface area contributed by atoms with Gasteiger partial charge in [-0.3, -0.25) is 10.6 Å². The molecule has 0 aliphatic rings. The number of ether oxygens (including phenoxy) is 1. The average molecular weight is 341 g/mol. The Balaban J connectivity index is 1.67. The van der Waals surface area contributed by atoms with Crippen molar-refractivity contribution in [2.45, 2.75) is 6.92 Å². The van der Waals surface area contributed by atoms with E-state index in [0.717, 1.165) is 10.6 Å². The first-order valence-corrected chi connectivity index (χ1v) is 8.16. The van der Waals surface area contributed by atoms with E-state index in [1.54, 1.807) is 36.0 Å². The fourth-order valence-electron chi connectivity index (χ4n) is 1.93. The van der Waals surface area contributed by atoms with Crippen LogP contribution in [0.15, 0.2) is 48.1 Å². The monoisotopic (exact) mass is 341 g/mol. The zero-order valence-electron chi connectivity index (χ0n) is 12.9. The second-order valence-electron chi connectivity index (χ2n) is 4.65. The first-order valence-electron chi connectivity index (χ1n) is 7.28. The number of rotatable bonds is 5. The molecule has 122 valence electrons. The molecule has 0 saturated carbocycles. The van der Waals surface area contributed by atoms with Crippen LogP contribution in [0.25, 0.3) is 10.6 Å². The Labute approximate surface area is 142 Å². The van der Waals surface area contributed by atoms with Gasteiger partial charge in [-0.25, -0.2) is 19.7 Å². The summed E-state index contributed by atoms with van der Waals surface area (Å²) in [7, 11) is 0. The van der Waals surface area contributed by atoms with E-state index in [1.807, 2.05) is 19.1 Å². The van der Waals surface area contributed by atoms with Crippen LogP contribution in [0.5, 0.6) is 5.88 Å². The lowest BCUT2D eigenvalue weighted by atomic mass is 10.3. The Morgan fingerprint density at radius 2 is 2.04 bits per heavy atom. The molecule has 0 saturated heterocycles. The van der Waals surface area contributed by atoms with E-state index < -0.39 is 6.03 Å².